The topological polar surface area (TPSA) is 86.3 Å². The highest BCUT2D eigenvalue weighted by Crippen LogP contribution is 2.50. The normalized spacial score (nSPS) is 21.5. The number of Topliss-reactive ketones (excluding diaryl/α,β-unsaturated/α-hetero) is 2. The molecule has 1 aliphatic carbocycles. The minimum Gasteiger partial charge on any atom is -0.493 e. The summed E-state index contributed by atoms with van der Waals surface area (Å²) in [4.78, 5) is 29.9. The first-order valence-electron chi connectivity index (χ1n) is 15.1. The maximum absolute atomic E-state index is 14.0. The standard InChI is InChI=1S/C35H46N2O6/c1-8-42-32-31(43-34(3,4)5)30(24(2)38)28(35(41-7,33(32)40-6)37-22-20-36-21-23-37)18-19-29(39)27-17-13-12-16-26(27)25-14-10-9-11-15-25/h9-17,28,36H,8,18-23H2,1-7H3. The molecular weight excluding hydrogens is 544 g/mol. The second-order valence-corrected chi connectivity index (χ2v) is 11.9. The number of nitrogens with zero attached hydrogens (tertiary/aromatic N) is 1. The van der Waals surface area contributed by atoms with Gasteiger partial charge in [-0.3, -0.25) is 14.5 Å². The van der Waals surface area contributed by atoms with Crippen LogP contribution in [0.4, 0.5) is 0 Å². The first-order chi connectivity index (χ1) is 20.6. The van der Waals surface area contributed by atoms with Crippen molar-refractivity contribution in [3.8, 4) is 11.1 Å². The lowest BCUT2D eigenvalue weighted by Crippen LogP contribution is -2.64. The molecule has 2 aliphatic rings. The molecule has 0 aromatic heterocycles. The van der Waals surface area contributed by atoms with Gasteiger partial charge >= 0.3 is 0 Å². The fourth-order valence-electron chi connectivity index (χ4n) is 6.30. The van der Waals surface area contributed by atoms with Crippen LogP contribution < -0.4 is 5.32 Å². The van der Waals surface area contributed by atoms with Gasteiger partial charge in [-0.2, -0.15) is 0 Å². The van der Waals surface area contributed by atoms with E-state index in [0.29, 0.717) is 54.5 Å². The minimum atomic E-state index is -1.19. The molecule has 0 amide bonds. The number of methoxy groups -OCH3 is 2. The minimum absolute atomic E-state index is 0.00971. The molecule has 2 atom stereocenters. The number of rotatable bonds is 12. The van der Waals surface area contributed by atoms with E-state index >= 15 is 0 Å². The van der Waals surface area contributed by atoms with Crippen LogP contribution in [0.2, 0.25) is 0 Å². The van der Waals surface area contributed by atoms with Crippen LogP contribution in [-0.2, 0) is 23.7 Å². The van der Waals surface area contributed by atoms with Gasteiger partial charge in [0.05, 0.1) is 13.7 Å². The maximum atomic E-state index is 14.0. The van der Waals surface area contributed by atoms with E-state index < -0.39 is 17.2 Å². The van der Waals surface area contributed by atoms with Crippen LogP contribution in [-0.4, -0.2) is 74.8 Å². The van der Waals surface area contributed by atoms with Crippen LogP contribution in [0, 0.1) is 5.92 Å². The lowest BCUT2D eigenvalue weighted by molar-refractivity contribution is -0.176. The highest BCUT2D eigenvalue weighted by molar-refractivity contribution is 6.02. The molecule has 2 aromatic rings. The summed E-state index contributed by atoms with van der Waals surface area (Å²) < 4.78 is 25.3. The van der Waals surface area contributed by atoms with E-state index in [1.165, 1.54) is 0 Å². The fourth-order valence-corrected chi connectivity index (χ4v) is 6.30. The summed E-state index contributed by atoms with van der Waals surface area (Å²) in [6, 6.07) is 17.6. The molecule has 1 aliphatic heterocycles. The maximum Gasteiger partial charge on any atom is 0.204 e. The number of ether oxygens (including phenoxy) is 4. The van der Waals surface area contributed by atoms with Gasteiger partial charge in [0.1, 0.15) is 5.60 Å². The number of hydrogen-bond acceptors (Lipinski definition) is 8. The molecule has 0 spiro atoms. The second kappa shape index (κ2) is 13.9. The van der Waals surface area contributed by atoms with Gasteiger partial charge in [0.2, 0.25) is 5.76 Å². The first-order valence-corrected chi connectivity index (χ1v) is 15.1. The molecule has 1 saturated heterocycles. The summed E-state index contributed by atoms with van der Waals surface area (Å²) in [7, 11) is 3.23. The average molecular weight is 591 g/mol. The van der Waals surface area contributed by atoms with Gasteiger partial charge in [0.25, 0.3) is 0 Å². The predicted molar refractivity (Wildman–Crippen MR) is 167 cm³/mol. The molecule has 1 heterocycles. The number of nitrogens with one attached hydrogen (secondary N) is 1. The van der Waals surface area contributed by atoms with Crippen LogP contribution in [0.5, 0.6) is 0 Å². The molecule has 2 unspecified atom stereocenters. The summed E-state index contributed by atoms with van der Waals surface area (Å²) in [5.74, 6) is 0.420. The summed E-state index contributed by atoms with van der Waals surface area (Å²) in [5.41, 5.74) is 1.13. The highest BCUT2D eigenvalue weighted by atomic mass is 16.6. The summed E-state index contributed by atoms with van der Waals surface area (Å²) in [5, 5.41) is 3.40. The molecule has 43 heavy (non-hydrogen) atoms. The SMILES string of the molecule is CCOC1=C(OC)C(OC)(N2CCNCC2)C(CCC(=O)c2ccccc2-c2ccccc2)C(C(C)=O)=C1OC(C)(C)C. The number of piperazine rings is 1. The Morgan fingerprint density at radius 3 is 2.21 bits per heavy atom. The van der Waals surface area contributed by atoms with Crippen molar-refractivity contribution in [2.24, 2.45) is 5.92 Å². The Hall–Kier alpha value is -3.46. The van der Waals surface area contributed by atoms with Crippen molar-refractivity contribution in [1.82, 2.24) is 10.2 Å². The van der Waals surface area contributed by atoms with Gasteiger partial charge in [-0.15, -0.1) is 0 Å². The second-order valence-electron chi connectivity index (χ2n) is 11.9. The third-order valence-electron chi connectivity index (χ3n) is 7.95. The summed E-state index contributed by atoms with van der Waals surface area (Å²) in [6.45, 7) is 12.4. The van der Waals surface area contributed by atoms with Gasteiger partial charge in [0.15, 0.2) is 28.8 Å². The molecule has 8 nitrogen and oxygen atoms in total. The number of ketones is 2. The highest BCUT2D eigenvalue weighted by Gasteiger charge is 2.57. The third kappa shape index (κ3) is 6.71. The molecule has 2 aromatic carbocycles. The van der Waals surface area contributed by atoms with E-state index in [2.05, 4.69) is 10.2 Å². The van der Waals surface area contributed by atoms with Gasteiger partial charge < -0.3 is 24.3 Å². The van der Waals surface area contributed by atoms with Crippen molar-refractivity contribution in [3.05, 3.63) is 83.0 Å². The Morgan fingerprint density at radius 2 is 1.63 bits per heavy atom. The molecule has 1 N–H and O–H groups in total. The smallest absolute Gasteiger partial charge is 0.204 e. The van der Waals surface area contributed by atoms with Crippen LogP contribution >= 0.6 is 0 Å². The Kier molecular flexibility index (Phi) is 10.5. The van der Waals surface area contributed by atoms with E-state index in [4.69, 9.17) is 18.9 Å². The zero-order chi connectivity index (χ0) is 31.2. The van der Waals surface area contributed by atoms with Crippen molar-refractivity contribution in [2.45, 2.75) is 58.8 Å². The van der Waals surface area contributed by atoms with Crippen molar-refractivity contribution >= 4 is 11.6 Å². The number of benzene rings is 2. The van der Waals surface area contributed by atoms with Gasteiger partial charge in [0, 0.05) is 56.8 Å². The van der Waals surface area contributed by atoms with Gasteiger partial charge in [-0.1, -0.05) is 54.6 Å². The molecule has 4 rings (SSSR count). The van der Waals surface area contributed by atoms with Crippen LogP contribution in [0.15, 0.2) is 77.4 Å². The van der Waals surface area contributed by atoms with Crippen molar-refractivity contribution < 1.29 is 28.5 Å². The number of carbonyl (C=O) groups is 2. The van der Waals surface area contributed by atoms with Crippen LogP contribution in [0.3, 0.4) is 0 Å². The third-order valence-corrected chi connectivity index (χ3v) is 7.95. The zero-order valence-corrected chi connectivity index (χ0v) is 26.6. The van der Waals surface area contributed by atoms with Crippen LogP contribution in [0.1, 0.15) is 57.8 Å². The quantitative estimate of drug-likeness (QED) is 0.313. The van der Waals surface area contributed by atoms with E-state index in [1.807, 2.05) is 82.3 Å². The predicted octanol–water partition coefficient (Wildman–Crippen LogP) is 5.75. The molecule has 8 heteroatoms. The largest absolute Gasteiger partial charge is 0.493 e. The van der Waals surface area contributed by atoms with Gasteiger partial charge in [-0.05, 0) is 52.2 Å². The Morgan fingerprint density at radius 1 is 0.977 bits per heavy atom. The van der Waals surface area contributed by atoms with E-state index in [0.717, 1.165) is 24.2 Å². The lowest BCUT2D eigenvalue weighted by atomic mass is 9.74. The average Bonchev–Trinajstić information content (AvgIpc) is 3.00. The van der Waals surface area contributed by atoms with Crippen molar-refractivity contribution in [3.63, 3.8) is 0 Å². The van der Waals surface area contributed by atoms with Crippen molar-refractivity contribution in [1.29, 1.82) is 0 Å². The monoisotopic (exact) mass is 590 g/mol. The molecule has 1 fully saturated rings. The first kappa shape index (κ1) is 32.5. The van der Waals surface area contributed by atoms with E-state index in [-0.39, 0.29) is 18.0 Å². The fraction of sp³-hybridized carbons (Fsp3) is 0.486. The molecule has 232 valence electrons. The number of hydrogen-bond donors (Lipinski definition) is 1. The molecular formula is C35H46N2O6. The molecule has 0 saturated carbocycles. The van der Waals surface area contributed by atoms with E-state index in [9.17, 15) is 9.59 Å². The lowest BCUT2D eigenvalue weighted by Gasteiger charge is -2.52. The summed E-state index contributed by atoms with van der Waals surface area (Å²) >= 11 is 0. The Labute approximate surface area is 256 Å². The molecule has 0 bridgehead atoms. The van der Waals surface area contributed by atoms with Crippen molar-refractivity contribution in [2.75, 3.05) is 47.0 Å². The zero-order valence-electron chi connectivity index (χ0n) is 26.6. The van der Waals surface area contributed by atoms with Crippen LogP contribution in [0.25, 0.3) is 11.1 Å². The van der Waals surface area contributed by atoms with E-state index in [1.54, 1.807) is 21.1 Å². The Bertz CT molecular complexity index is 1350. The Balaban J connectivity index is 1.86. The number of carbonyl (C=O) groups excluding carboxylic acids is 2. The summed E-state index contributed by atoms with van der Waals surface area (Å²) in [6.07, 6.45) is 0.518. The molecule has 0 radical (unpaired) electrons. The van der Waals surface area contributed by atoms with Gasteiger partial charge in [-0.25, -0.2) is 0 Å².